The van der Waals surface area contributed by atoms with Crippen molar-refractivity contribution in [1.82, 2.24) is 5.32 Å². The Morgan fingerprint density at radius 2 is 2.36 bits per heavy atom. The predicted molar refractivity (Wildman–Crippen MR) is 54.1 cm³/mol. The number of rotatable bonds is 4. The molecule has 2 unspecified atom stereocenters. The molecular formula is C8H14N2O3S. The third-order valence-corrected chi connectivity index (χ3v) is 3.17. The molecule has 6 heteroatoms. The Kier molecular flexibility index (Phi) is 4.21. The SMILES string of the molecule is NC(CC(=O)O)C(=O)NC1CCSC1. The van der Waals surface area contributed by atoms with Gasteiger partial charge in [-0.1, -0.05) is 0 Å². The number of hydrogen-bond donors (Lipinski definition) is 3. The molecule has 1 saturated heterocycles. The van der Waals surface area contributed by atoms with Crippen molar-refractivity contribution in [3.63, 3.8) is 0 Å². The van der Waals surface area contributed by atoms with Gasteiger partial charge < -0.3 is 16.2 Å². The van der Waals surface area contributed by atoms with Crippen LogP contribution >= 0.6 is 11.8 Å². The summed E-state index contributed by atoms with van der Waals surface area (Å²) in [6, 6.07) is -0.773. The van der Waals surface area contributed by atoms with E-state index in [4.69, 9.17) is 10.8 Å². The Morgan fingerprint density at radius 1 is 1.64 bits per heavy atom. The average molecular weight is 218 g/mol. The van der Waals surface area contributed by atoms with Crippen LogP contribution in [0.15, 0.2) is 0 Å². The Morgan fingerprint density at radius 3 is 2.86 bits per heavy atom. The van der Waals surface area contributed by atoms with Crippen molar-refractivity contribution in [3.8, 4) is 0 Å². The molecule has 0 aliphatic carbocycles. The number of thioether (sulfide) groups is 1. The predicted octanol–water partition coefficient (Wildman–Crippen LogP) is -0.590. The number of nitrogens with two attached hydrogens (primary N) is 1. The van der Waals surface area contributed by atoms with Crippen LogP contribution in [-0.4, -0.2) is 40.6 Å². The van der Waals surface area contributed by atoms with Crippen molar-refractivity contribution < 1.29 is 14.7 Å². The molecule has 0 aromatic rings. The second kappa shape index (κ2) is 5.21. The normalized spacial score (nSPS) is 23.1. The van der Waals surface area contributed by atoms with E-state index in [0.29, 0.717) is 0 Å². The maximum atomic E-state index is 11.3. The van der Waals surface area contributed by atoms with E-state index in [9.17, 15) is 9.59 Å². The molecule has 1 aliphatic heterocycles. The zero-order valence-electron chi connectivity index (χ0n) is 7.73. The van der Waals surface area contributed by atoms with E-state index in [1.165, 1.54) is 0 Å². The molecule has 4 N–H and O–H groups in total. The van der Waals surface area contributed by atoms with Crippen molar-refractivity contribution in [1.29, 1.82) is 0 Å². The number of carbonyl (C=O) groups excluding carboxylic acids is 1. The maximum absolute atomic E-state index is 11.3. The third kappa shape index (κ3) is 3.55. The number of nitrogens with one attached hydrogen (secondary N) is 1. The molecule has 1 aliphatic rings. The largest absolute Gasteiger partial charge is 0.481 e. The molecule has 0 aromatic heterocycles. The van der Waals surface area contributed by atoms with Gasteiger partial charge in [0.15, 0.2) is 0 Å². The summed E-state index contributed by atoms with van der Waals surface area (Å²) in [6.07, 6.45) is 0.627. The van der Waals surface area contributed by atoms with Gasteiger partial charge in [-0.3, -0.25) is 9.59 Å². The summed E-state index contributed by atoms with van der Waals surface area (Å²) in [4.78, 5) is 21.6. The fraction of sp³-hybridized carbons (Fsp3) is 0.750. The number of aliphatic carboxylic acids is 1. The fourth-order valence-electron chi connectivity index (χ4n) is 1.24. The molecular weight excluding hydrogens is 204 g/mol. The zero-order valence-corrected chi connectivity index (χ0v) is 8.55. The lowest BCUT2D eigenvalue weighted by molar-refractivity contribution is -0.139. The third-order valence-electron chi connectivity index (χ3n) is 2.01. The van der Waals surface area contributed by atoms with Crippen molar-refractivity contribution >= 4 is 23.6 Å². The molecule has 2 atom stereocenters. The lowest BCUT2D eigenvalue weighted by Gasteiger charge is -2.14. The van der Waals surface area contributed by atoms with Crippen LogP contribution in [0.25, 0.3) is 0 Å². The van der Waals surface area contributed by atoms with Crippen LogP contribution in [0.4, 0.5) is 0 Å². The summed E-state index contributed by atoms with van der Waals surface area (Å²) >= 11 is 1.78. The van der Waals surface area contributed by atoms with E-state index in [1.807, 2.05) is 0 Å². The second-order valence-electron chi connectivity index (χ2n) is 3.27. The van der Waals surface area contributed by atoms with Crippen molar-refractivity contribution in [2.75, 3.05) is 11.5 Å². The number of hydrogen-bond acceptors (Lipinski definition) is 4. The minimum Gasteiger partial charge on any atom is -0.481 e. The van der Waals surface area contributed by atoms with Gasteiger partial charge in [0, 0.05) is 11.8 Å². The first-order valence-electron chi connectivity index (χ1n) is 4.45. The minimum absolute atomic E-state index is 0.160. The molecule has 0 bridgehead atoms. The van der Waals surface area contributed by atoms with E-state index in [0.717, 1.165) is 17.9 Å². The summed E-state index contributed by atoms with van der Waals surface area (Å²) in [5.41, 5.74) is 5.40. The second-order valence-corrected chi connectivity index (χ2v) is 4.42. The van der Waals surface area contributed by atoms with Crippen molar-refractivity contribution in [2.24, 2.45) is 5.73 Å². The van der Waals surface area contributed by atoms with Gasteiger partial charge in [0.1, 0.15) is 0 Å². The smallest absolute Gasteiger partial charge is 0.305 e. The quantitative estimate of drug-likeness (QED) is 0.586. The summed E-state index contributed by atoms with van der Waals surface area (Å²) in [5, 5.41) is 11.2. The van der Waals surface area contributed by atoms with Gasteiger partial charge in [-0.15, -0.1) is 0 Å². The summed E-state index contributed by atoms with van der Waals surface area (Å²) < 4.78 is 0. The first-order chi connectivity index (χ1) is 6.59. The van der Waals surface area contributed by atoms with Crippen LogP contribution in [0.5, 0.6) is 0 Å². The number of carbonyl (C=O) groups is 2. The van der Waals surface area contributed by atoms with E-state index in [1.54, 1.807) is 11.8 Å². The van der Waals surface area contributed by atoms with E-state index >= 15 is 0 Å². The van der Waals surface area contributed by atoms with Gasteiger partial charge in [0.05, 0.1) is 12.5 Å². The van der Waals surface area contributed by atoms with Crippen LogP contribution in [0, 0.1) is 0 Å². The highest BCUT2D eigenvalue weighted by atomic mass is 32.2. The Bertz CT molecular complexity index is 229. The monoisotopic (exact) mass is 218 g/mol. The zero-order chi connectivity index (χ0) is 10.6. The van der Waals surface area contributed by atoms with E-state index in [-0.39, 0.29) is 18.4 Å². The van der Waals surface area contributed by atoms with Crippen molar-refractivity contribution in [2.45, 2.75) is 24.9 Å². The topological polar surface area (TPSA) is 92.4 Å². The molecule has 0 spiro atoms. The van der Waals surface area contributed by atoms with Crippen LogP contribution in [-0.2, 0) is 9.59 Å². The molecule has 0 radical (unpaired) electrons. The molecule has 14 heavy (non-hydrogen) atoms. The molecule has 5 nitrogen and oxygen atoms in total. The Balaban J connectivity index is 2.29. The highest BCUT2D eigenvalue weighted by molar-refractivity contribution is 7.99. The lowest BCUT2D eigenvalue weighted by Crippen LogP contribution is -2.46. The summed E-state index contributed by atoms with van der Waals surface area (Å²) in [5.74, 6) is 0.526. The number of carboxylic acid groups (broad SMARTS) is 1. The van der Waals surface area contributed by atoms with Gasteiger partial charge in [-0.2, -0.15) is 11.8 Å². The van der Waals surface area contributed by atoms with Crippen LogP contribution in [0.3, 0.4) is 0 Å². The Labute approximate surface area is 86.4 Å². The van der Waals surface area contributed by atoms with Crippen LogP contribution in [0.2, 0.25) is 0 Å². The molecule has 1 rings (SSSR count). The van der Waals surface area contributed by atoms with Crippen molar-refractivity contribution in [3.05, 3.63) is 0 Å². The standard InChI is InChI=1S/C8H14N2O3S/c9-6(3-7(11)12)8(13)10-5-1-2-14-4-5/h5-6H,1-4,9H2,(H,10,13)(H,11,12). The number of carboxylic acids is 1. The molecule has 0 saturated carbocycles. The van der Waals surface area contributed by atoms with Crippen LogP contribution < -0.4 is 11.1 Å². The van der Waals surface area contributed by atoms with Gasteiger partial charge in [-0.25, -0.2) is 0 Å². The maximum Gasteiger partial charge on any atom is 0.305 e. The molecule has 1 fully saturated rings. The van der Waals surface area contributed by atoms with Crippen LogP contribution in [0.1, 0.15) is 12.8 Å². The van der Waals surface area contributed by atoms with Gasteiger partial charge in [-0.05, 0) is 12.2 Å². The first kappa shape index (κ1) is 11.3. The van der Waals surface area contributed by atoms with Gasteiger partial charge >= 0.3 is 5.97 Å². The summed E-state index contributed by atoms with van der Waals surface area (Å²) in [6.45, 7) is 0. The average Bonchev–Trinajstić information content (AvgIpc) is 2.55. The highest BCUT2D eigenvalue weighted by Crippen LogP contribution is 2.16. The highest BCUT2D eigenvalue weighted by Gasteiger charge is 2.22. The van der Waals surface area contributed by atoms with Gasteiger partial charge in [0.2, 0.25) is 5.91 Å². The fourth-order valence-corrected chi connectivity index (χ4v) is 2.39. The van der Waals surface area contributed by atoms with E-state index < -0.39 is 12.0 Å². The summed E-state index contributed by atoms with van der Waals surface area (Å²) in [7, 11) is 0. The lowest BCUT2D eigenvalue weighted by atomic mass is 10.2. The minimum atomic E-state index is -1.05. The molecule has 0 aromatic carbocycles. The Hall–Kier alpha value is -0.750. The molecule has 1 amide bonds. The molecule has 1 heterocycles. The number of amides is 1. The first-order valence-corrected chi connectivity index (χ1v) is 5.60. The molecule has 80 valence electrons. The van der Waals surface area contributed by atoms with Gasteiger partial charge in [0.25, 0.3) is 0 Å². The van der Waals surface area contributed by atoms with E-state index in [2.05, 4.69) is 5.32 Å².